The normalized spacial score (nSPS) is 21.4. The van der Waals surface area contributed by atoms with E-state index in [2.05, 4.69) is 20.1 Å². The largest absolute Gasteiger partial charge is 0.489 e. The molecule has 1 saturated carbocycles. The molecular weight excluding hydrogens is 456 g/mol. The molecule has 2 aromatic rings. The van der Waals surface area contributed by atoms with Gasteiger partial charge in [-0.25, -0.2) is 9.59 Å². The average molecular weight is 493 g/mol. The summed E-state index contributed by atoms with van der Waals surface area (Å²) in [4.78, 5) is 23.9. The standard InChI is InChI=1S/C30H36O6/c1-16(2)29(31)35-18(5)14-33-27-23-10-8-9-11-24(23)28(34-15-19(6)36-30(32)17(3)4)26-22-13-12-21(20(22)7)25(26)27/h8-11,18-22H,1,3,12-15H2,2,4-7H3. The maximum Gasteiger partial charge on any atom is 0.333 e. The van der Waals surface area contributed by atoms with Gasteiger partial charge in [-0.2, -0.15) is 0 Å². The van der Waals surface area contributed by atoms with Crippen molar-refractivity contribution in [1.29, 1.82) is 0 Å². The van der Waals surface area contributed by atoms with Gasteiger partial charge in [-0.3, -0.25) is 0 Å². The Morgan fingerprint density at radius 2 is 1.22 bits per heavy atom. The highest BCUT2D eigenvalue weighted by Gasteiger charge is 2.48. The quantitative estimate of drug-likeness (QED) is 0.289. The fourth-order valence-corrected chi connectivity index (χ4v) is 5.48. The molecule has 0 spiro atoms. The fraction of sp³-hybridized carbons (Fsp3) is 0.467. The molecule has 2 aliphatic rings. The Balaban J connectivity index is 1.68. The molecule has 4 unspecified atom stereocenters. The zero-order valence-corrected chi connectivity index (χ0v) is 21.9. The SMILES string of the molecule is C=C(C)C(=O)OC(C)COc1c2c(c(OCC(C)OC(=O)C(=C)C)c3ccccc13)C1CCC2C1C. The number of carbonyl (C=O) groups excluding carboxylic acids is 2. The lowest BCUT2D eigenvalue weighted by Crippen LogP contribution is -2.23. The maximum atomic E-state index is 12.0. The summed E-state index contributed by atoms with van der Waals surface area (Å²) in [5.41, 5.74) is 3.14. The van der Waals surface area contributed by atoms with Crippen LogP contribution in [-0.4, -0.2) is 37.4 Å². The molecule has 0 aliphatic heterocycles. The molecule has 0 saturated heterocycles. The van der Waals surface area contributed by atoms with Gasteiger partial charge in [0, 0.05) is 33.0 Å². The predicted molar refractivity (Wildman–Crippen MR) is 140 cm³/mol. The smallest absolute Gasteiger partial charge is 0.333 e. The van der Waals surface area contributed by atoms with E-state index in [9.17, 15) is 9.59 Å². The number of carbonyl (C=O) groups is 2. The van der Waals surface area contributed by atoms with Gasteiger partial charge in [0.15, 0.2) is 0 Å². The lowest BCUT2D eigenvalue weighted by Gasteiger charge is -2.26. The molecule has 0 amide bonds. The molecule has 192 valence electrons. The van der Waals surface area contributed by atoms with Crippen LogP contribution in [0.2, 0.25) is 0 Å². The molecule has 2 aliphatic carbocycles. The molecule has 6 heteroatoms. The van der Waals surface area contributed by atoms with Gasteiger partial charge in [0.2, 0.25) is 0 Å². The summed E-state index contributed by atoms with van der Waals surface area (Å²) < 4.78 is 23.7. The van der Waals surface area contributed by atoms with E-state index in [1.807, 2.05) is 38.1 Å². The van der Waals surface area contributed by atoms with E-state index in [0.29, 0.717) is 28.9 Å². The van der Waals surface area contributed by atoms with Crippen LogP contribution in [0.1, 0.15) is 70.4 Å². The molecule has 6 nitrogen and oxygen atoms in total. The number of ether oxygens (including phenoxy) is 4. The third-order valence-corrected chi connectivity index (χ3v) is 7.23. The lowest BCUT2D eigenvalue weighted by molar-refractivity contribution is -0.145. The van der Waals surface area contributed by atoms with Crippen LogP contribution in [0.25, 0.3) is 10.8 Å². The first-order chi connectivity index (χ1) is 17.1. The summed E-state index contributed by atoms with van der Waals surface area (Å²) in [5, 5.41) is 1.94. The van der Waals surface area contributed by atoms with Crippen LogP contribution in [0.4, 0.5) is 0 Å². The van der Waals surface area contributed by atoms with Crippen LogP contribution in [0, 0.1) is 5.92 Å². The third kappa shape index (κ3) is 4.86. The number of fused-ring (bicyclic) bond motifs is 6. The van der Waals surface area contributed by atoms with Crippen molar-refractivity contribution in [3.63, 3.8) is 0 Å². The zero-order valence-electron chi connectivity index (χ0n) is 21.9. The van der Waals surface area contributed by atoms with Crippen LogP contribution in [0.15, 0.2) is 48.6 Å². The monoisotopic (exact) mass is 492 g/mol. The zero-order chi connectivity index (χ0) is 26.1. The van der Waals surface area contributed by atoms with Crippen LogP contribution < -0.4 is 9.47 Å². The Morgan fingerprint density at radius 3 is 1.58 bits per heavy atom. The average Bonchev–Trinajstić information content (AvgIpc) is 3.33. The van der Waals surface area contributed by atoms with Gasteiger partial charge < -0.3 is 18.9 Å². The number of hydrogen-bond donors (Lipinski definition) is 0. The molecule has 0 heterocycles. The maximum absolute atomic E-state index is 12.0. The molecule has 0 radical (unpaired) electrons. The Bertz CT molecular complexity index is 1120. The second kappa shape index (κ2) is 10.4. The summed E-state index contributed by atoms with van der Waals surface area (Å²) in [6, 6.07) is 8.07. The summed E-state index contributed by atoms with van der Waals surface area (Å²) >= 11 is 0. The molecule has 0 N–H and O–H groups in total. The van der Waals surface area contributed by atoms with E-state index in [4.69, 9.17) is 18.9 Å². The van der Waals surface area contributed by atoms with Crippen LogP contribution in [0.5, 0.6) is 11.5 Å². The van der Waals surface area contributed by atoms with Crippen molar-refractivity contribution in [2.45, 2.75) is 71.5 Å². The first kappa shape index (κ1) is 25.8. The van der Waals surface area contributed by atoms with Crippen molar-refractivity contribution in [2.75, 3.05) is 13.2 Å². The van der Waals surface area contributed by atoms with Gasteiger partial charge in [0.05, 0.1) is 0 Å². The summed E-state index contributed by atoms with van der Waals surface area (Å²) in [6.07, 6.45) is 1.39. The summed E-state index contributed by atoms with van der Waals surface area (Å²) in [7, 11) is 0. The second-order valence-corrected chi connectivity index (χ2v) is 10.3. The Morgan fingerprint density at radius 1 is 0.833 bits per heavy atom. The number of hydrogen-bond acceptors (Lipinski definition) is 6. The van der Waals surface area contributed by atoms with Gasteiger partial charge in [-0.05, 0) is 58.3 Å². The van der Waals surface area contributed by atoms with Gasteiger partial charge in [-0.1, -0.05) is 44.3 Å². The highest BCUT2D eigenvalue weighted by atomic mass is 16.6. The van der Waals surface area contributed by atoms with Crippen molar-refractivity contribution in [3.05, 3.63) is 59.7 Å². The predicted octanol–water partition coefficient (Wildman–Crippen LogP) is 6.22. The van der Waals surface area contributed by atoms with E-state index >= 15 is 0 Å². The minimum atomic E-state index is -0.418. The minimum absolute atomic E-state index is 0.245. The van der Waals surface area contributed by atoms with Gasteiger partial charge >= 0.3 is 11.9 Å². The first-order valence-electron chi connectivity index (χ1n) is 12.7. The van der Waals surface area contributed by atoms with Gasteiger partial charge in [-0.15, -0.1) is 0 Å². The van der Waals surface area contributed by atoms with Crippen molar-refractivity contribution in [1.82, 2.24) is 0 Å². The van der Waals surface area contributed by atoms with Crippen molar-refractivity contribution < 1.29 is 28.5 Å². The third-order valence-electron chi connectivity index (χ3n) is 7.23. The molecule has 1 fully saturated rings. The summed E-state index contributed by atoms with van der Waals surface area (Å²) in [6.45, 7) is 17.0. The first-order valence-corrected chi connectivity index (χ1v) is 12.7. The second-order valence-electron chi connectivity index (χ2n) is 10.3. The van der Waals surface area contributed by atoms with Gasteiger partial charge in [0.25, 0.3) is 0 Å². The number of benzene rings is 2. The molecule has 4 atom stereocenters. The Hall–Kier alpha value is -3.28. The minimum Gasteiger partial charge on any atom is -0.489 e. The van der Waals surface area contributed by atoms with E-state index in [1.165, 1.54) is 11.1 Å². The highest BCUT2D eigenvalue weighted by molar-refractivity contribution is 5.97. The van der Waals surface area contributed by atoms with Crippen molar-refractivity contribution in [3.8, 4) is 11.5 Å². The molecular formula is C30H36O6. The molecule has 4 rings (SSSR count). The van der Waals surface area contributed by atoms with E-state index in [0.717, 1.165) is 35.1 Å². The van der Waals surface area contributed by atoms with Crippen LogP contribution in [-0.2, 0) is 19.1 Å². The fourth-order valence-electron chi connectivity index (χ4n) is 5.48. The van der Waals surface area contributed by atoms with Crippen LogP contribution >= 0.6 is 0 Å². The number of esters is 2. The van der Waals surface area contributed by atoms with E-state index < -0.39 is 24.1 Å². The molecule has 2 bridgehead atoms. The molecule has 0 aromatic heterocycles. The Kier molecular flexibility index (Phi) is 7.43. The van der Waals surface area contributed by atoms with E-state index in [1.54, 1.807) is 13.8 Å². The van der Waals surface area contributed by atoms with Crippen molar-refractivity contribution >= 4 is 22.7 Å². The topological polar surface area (TPSA) is 71.1 Å². The Labute approximate surface area is 213 Å². The lowest BCUT2D eigenvalue weighted by atomic mass is 9.87. The highest BCUT2D eigenvalue weighted by Crippen LogP contribution is 2.63. The molecule has 36 heavy (non-hydrogen) atoms. The van der Waals surface area contributed by atoms with E-state index in [-0.39, 0.29) is 13.2 Å². The summed E-state index contributed by atoms with van der Waals surface area (Å²) in [5.74, 6) is 2.13. The van der Waals surface area contributed by atoms with Crippen molar-refractivity contribution in [2.24, 2.45) is 5.92 Å². The van der Waals surface area contributed by atoms with Crippen LogP contribution in [0.3, 0.4) is 0 Å². The molecule has 2 aromatic carbocycles. The number of rotatable bonds is 10. The van der Waals surface area contributed by atoms with Gasteiger partial charge in [0.1, 0.15) is 36.9 Å².